The molecule has 6 N–H and O–H groups in total. The van der Waals surface area contributed by atoms with Gasteiger partial charge in [-0.3, -0.25) is 0 Å². The highest BCUT2D eigenvalue weighted by atomic mass is 16.5. The summed E-state index contributed by atoms with van der Waals surface area (Å²) in [7, 11) is 1.97. The Morgan fingerprint density at radius 2 is 1.53 bits per heavy atom. The minimum absolute atomic E-state index is 0.0729. The van der Waals surface area contributed by atoms with E-state index in [1.165, 1.54) is 29.4 Å². The van der Waals surface area contributed by atoms with Gasteiger partial charge in [0.05, 0.1) is 35.9 Å². The number of hydrogen-bond donors (Lipinski definition) is 6. The molecule has 28 atom stereocenters. The van der Waals surface area contributed by atoms with Gasteiger partial charge in [-0.05, 0) is 252 Å². The Morgan fingerprint density at radius 1 is 0.739 bits per heavy atom. The standard InChI is InChI=1S/C82H97NO9/c1-46-52-20-19-49(33-52)32-47-11-8-12-48(31-47)34-68-59-25-30-76-29-24-57(50-13-4-3-5-14-50)58-18-10-16-54-40-77-43-75(26-6-7-27-75)28-23-51-15-9-17-55(42-84)60(51)37-67(83-2)61-35-56(70(77)62-38-69(86)92-71(61)62)41-80(77,88)82(90)72(54)78(45-85)44-79(76,65(59)39-64(58)76)74(91-68)63-22-21-53(46)36-66(73(82)87)81(63,78)89/h3-5,8-9,11-15,17,31,38,45-46,49,52-54,56-59,61,63-68,70-74,83-84,87-90H,6-7,18-22,24-27,29-30,32-37,39-44H2,1-2H3/t46-,49+,52+,53-,54-,56-,57+,58-,59+,61+,63-,64-,65-,66+,67-,68-,70-,71+,72-,73+,74-,76-,77+,78+,79-,80-,81-,82-/m1/s1. The normalized spacial score (nSPS) is 51.1. The molecule has 3 heterocycles. The lowest BCUT2D eigenvalue weighted by Gasteiger charge is -2.79. The summed E-state index contributed by atoms with van der Waals surface area (Å²) < 4.78 is 15.0. The minimum atomic E-state index is -2.35. The molecule has 17 aliphatic rings. The van der Waals surface area contributed by atoms with E-state index in [2.05, 4.69) is 96.6 Å². The molecule has 0 amide bonds. The van der Waals surface area contributed by atoms with E-state index in [4.69, 9.17) is 9.47 Å². The monoisotopic (exact) mass is 1240 g/mol. The maximum atomic E-state index is 16.6. The van der Waals surface area contributed by atoms with Gasteiger partial charge in [0.25, 0.3) is 0 Å². The van der Waals surface area contributed by atoms with Crippen LogP contribution in [0.3, 0.4) is 0 Å². The van der Waals surface area contributed by atoms with Gasteiger partial charge in [-0.2, -0.15) is 0 Å². The number of likely N-dealkylation sites (N-methyl/N-ethyl adjacent to an activating group) is 1. The van der Waals surface area contributed by atoms with Crippen LogP contribution in [0.15, 0.2) is 84.4 Å². The van der Waals surface area contributed by atoms with Crippen molar-refractivity contribution in [1.82, 2.24) is 5.32 Å². The first-order chi connectivity index (χ1) is 44.6. The van der Waals surface area contributed by atoms with E-state index in [9.17, 15) is 9.90 Å². The highest BCUT2D eigenvalue weighted by molar-refractivity contribution is 5.86. The van der Waals surface area contributed by atoms with Crippen LogP contribution in [0.5, 0.6) is 0 Å². The molecular formula is C82H97NO9. The predicted octanol–water partition coefficient (Wildman–Crippen LogP) is 11.2. The van der Waals surface area contributed by atoms with E-state index >= 15 is 25.2 Å². The number of aliphatic hydroxyl groups excluding tert-OH is 2. The fraction of sp³-hybridized carbons (Fsp3) is 0.683. The van der Waals surface area contributed by atoms with Crippen LogP contribution in [0.1, 0.15) is 181 Å². The third-order valence-electron chi connectivity index (χ3n) is 32.4. The van der Waals surface area contributed by atoms with Gasteiger partial charge in [-0.1, -0.05) is 104 Å². The molecule has 4 spiro atoms. The molecule has 11 saturated carbocycles. The van der Waals surface area contributed by atoms with Crippen molar-refractivity contribution in [1.29, 1.82) is 0 Å². The van der Waals surface area contributed by atoms with Crippen LogP contribution in [0.4, 0.5) is 0 Å². The summed E-state index contributed by atoms with van der Waals surface area (Å²) in [6.07, 6.45) is 19.0. The number of carbonyl (C=O) groups is 2. The molecule has 0 radical (unpaired) electrons. The lowest BCUT2D eigenvalue weighted by atomic mass is 9.28. The Kier molecular flexibility index (Phi) is 12.9. The van der Waals surface area contributed by atoms with Gasteiger partial charge in [0.1, 0.15) is 23.6 Å². The second-order valence-corrected chi connectivity index (χ2v) is 34.7. The van der Waals surface area contributed by atoms with Crippen molar-refractivity contribution >= 4 is 12.3 Å². The topological polar surface area (TPSA) is 166 Å². The SMILES string of the molecule is CN[C@@H]1Cc2c(cccc2CO)C#CC2(CCCC2)C[C@]23C[C@H]4C#CC[C@H]5[C@H]6C[C@@H]7[C@@H]8CC[C@@]6(CC[C@H]5c5ccccc5)[C@]75C[C@]6(C=O)[C@@H]4[C@@](O)([C@@H](O)[C@@H]4C[C@H]7CC[C@H]([C@H]5O[C@@H]8Cc5cccc(c5)C[C@@H]5CC[C@@H](C5)[C@H]7C)[C@@]46O)[C@@]2(O)C[C@H]2C[C@@H]1[C@@H]1OC(=O)C=C1[C@@H]23. The number of fused-ring (bicyclic) bond motifs is 10. The zero-order valence-electron chi connectivity index (χ0n) is 54.3. The van der Waals surface area contributed by atoms with Gasteiger partial charge < -0.3 is 45.1 Å². The van der Waals surface area contributed by atoms with Crippen molar-refractivity contribution in [2.75, 3.05) is 7.05 Å². The lowest BCUT2D eigenvalue weighted by molar-refractivity contribution is -0.410. The van der Waals surface area contributed by atoms with E-state index in [0.717, 1.165) is 112 Å². The van der Waals surface area contributed by atoms with Gasteiger partial charge in [0, 0.05) is 69.9 Å². The lowest BCUT2D eigenvalue weighted by Crippen LogP contribution is -2.89. The third-order valence-corrected chi connectivity index (χ3v) is 32.4. The van der Waals surface area contributed by atoms with Crippen molar-refractivity contribution in [2.45, 2.75) is 221 Å². The van der Waals surface area contributed by atoms with Crippen LogP contribution in [0, 0.1) is 140 Å². The summed E-state index contributed by atoms with van der Waals surface area (Å²) in [6, 6.07) is 26.6. The molecule has 3 aromatic rings. The van der Waals surface area contributed by atoms with Gasteiger partial charge in [0.15, 0.2) is 0 Å². The van der Waals surface area contributed by atoms with Crippen LogP contribution in [0.25, 0.3) is 0 Å². The van der Waals surface area contributed by atoms with Crippen LogP contribution in [-0.4, -0.2) is 92.1 Å². The van der Waals surface area contributed by atoms with Crippen LogP contribution >= 0.6 is 0 Å². The van der Waals surface area contributed by atoms with E-state index in [-0.39, 0.29) is 84.0 Å². The van der Waals surface area contributed by atoms with Crippen molar-refractivity contribution < 1.29 is 44.6 Å². The molecule has 484 valence electrons. The molecule has 14 aliphatic carbocycles. The molecule has 0 unspecified atom stereocenters. The molecule has 10 heteroatoms. The van der Waals surface area contributed by atoms with Gasteiger partial charge >= 0.3 is 5.97 Å². The number of carbonyl (C=O) groups excluding carboxylic acids is 2. The third kappa shape index (κ3) is 7.26. The average molecular weight is 1240 g/mol. The second kappa shape index (κ2) is 20.2. The zero-order valence-corrected chi connectivity index (χ0v) is 54.3. The molecule has 3 aromatic carbocycles. The highest BCUT2D eigenvalue weighted by Gasteiger charge is 2.91. The Balaban J connectivity index is 0.883. The molecule has 0 aromatic heterocycles. The summed E-state index contributed by atoms with van der Waals surface area (Å²) in [6.45, 7) is 2.32. The minimum Gasteiger partial charge on any atom is -0.454 e. The maximum Gasteiger partial charge on any atom is 0.331 e. The number of nitrogens with one attached hydrogen (secondary N) is 1. The van der Waals surface area contributed by atoms with Crippen molar-refractivity contribution in [3.05, 3.63) is 118 Å². The average Bonchev–Trinajstić information content (AvgIpc) is 1.32. The van der Waals surface area contributed by atoms with Crippen LogP contribution in [-0.2, 0) is 44.9 Å². The summed E-state index contributed by atoms with van der Waals surface area (Å²) in [4.78, 5) is 31.1. The number of benzene rings is 3. The van der Waals surface area contributed by atoms with E-state index in [1.54, 1.807) is 6.08 Å². The number of ether oxygens (including phenoxy) is 2. The molecule has 92 heavy (non-hydrogen) atoms. The van der Waals surface area contributed by atoms with Gasteiger partial charge in [0.2, 0.25) is 0 Å². The molecule has 10 nitrogen and oxygen atoms in total. The van der Waals surface area contributed by atoms with Crippen LogP contribution in [0.2, 0.25) is 0 Å². The molecule has 20 rings (SSSR count). The molecular weight excluding hydrogens is 1140 g/mol. The van der Waals surface area contributed by atoms with Crippen molar-refractivity contribution in [3.8, 4) is 23.7 Å². The summed E-state index contributed by atoms with van der Waals surface area (Å²) >= 11 is 0. The first kappa shape index (κ1) is 58.7. The largest absolute Gasteiger partial charge is 0.454 e. The first-order valence-electron chi connectivity index (χ1n) is 37.0. The zero-order chi connectivity index (χ0) is 62.3. The fourth-order valence-corrected chi connectivity index (χ4v) is 29.4. The summed E-state index contributed by atoms with van der Waals surface area (Å²) in [5.74, 6) is 13.8. The maximum absolute atomic E-state index is 16.6. The van der Waals surface area contributed by atoms with Gasteiger partial charge in [-0.15, -0.1) is 5.92 Å². The quantitative estimate of drug-likeness (QED) is 0.0841. The first-order valence-corrected chi connectivity index (χ1v) is 37.0. The van der Waals surface area contributed by atoms with E-state index in [1.807, 2.05) is 19.2 Å². The second-order valence-electron chi connectivity index (χ2n) is 34.7. The van der Waals surface area contributed by atoms with Crippen molar-refractivity contribution in [3.63, 3.8) is 0 Å². The smallest absolute Gasteiger partial charge is 0.331 e. The van der Waals surface area contributed by atoms with Gasteiger partial charge in [-0.25, -0.2) is 4.79 Å². The summed E-state index contributed by atoms with van der Waals surface area (Å²) in [5.41, 5.74) is -2.81. The Labute approximate surface area is 544 Å². The fourth-order valence-electron chi connectivity index (χ4n) is 29.4. The Hall–Kier alpha value is -4.62. The highest BCUT2D eigenvalue weighted by Crippen LogP contribution is 2.87. The van der Waals surface area contributed by atoms with E-state index in [0.29, 0.717) is 69.1 Å². The van der Waals surface area contributed by atoms with Crippen molar-refractivity contribution in [2.24, 2.45) is 116 Å². The Bertz CT molecular complexity index is 3720. The molecule has 12 fully saturated rings. The molecule has 1 saturated heterocycles. The number of esters is 1. The Morgan fingerprint density at radius 3 is 2.35 bits per heavy atom. The number of aliphatic hydroxyl groups is 5. The van der Waals surface area contributed by atoms with Crippen LogP contribution < -0.4 is 5.32 Å². The number of rotatable bonds is 4. The summed E-state index contributed by atoms with van der Waals surface area (Å²) in [5, 5.41) is 77.4. The van der Waals surface area contributed by atoms with E-state index < -0.39 is 86.2 Å². The predicted molar refractivity (Wildman–Crippen MR) is 347 cm³/mol. The molecule has 19 bridgehead atoms. The molecule has 3 aliphatic heterocycles. The number of aldehydes is 1. The number of hydrogen-bond acceptors (Lipinski definition) is 10.